The van der Waals surface area contributed by atoms with E-state index in [1.807, 2.05) is 6.92 Å². The third-order valence-corrected chi connectivity index (χ3v) is 2.65. The van der Waals surface area contributed by atoms with Gasteiger partial charge in [0.15, 0.2) is 0 Å². The first-order valence-electron chi connectivity index (χ1n) is 6.18. The molecular weight excluding hydrogens is 218 g/mol. The van der Waals surface area contributed by atoms with Gasteiger partial charge in [-0.2, -0.15) is 0 Å². The van der Waals surface area contributed by atoms with Gasteiger partial charge in [0, 0.05) is 13.1 Å². The average Bonchev–Trinajstić information content (AvgIpc) is 2.27. The maximum absolute atomic E-state index is 11.5. The van der Waals surface area contributed by atoms with E-state index in [9.17, 15) is 4.79 Å². The van der Waals surface area contributed by atoms with E-state index in [4.69, 9.17) is 4.74 Å². The molecule has 5 heteroatoms. The summed E-state index contributed by atoms with van der Waals surface area (Å²) in [5, 5.41) is 3.00. The molecule has 102 valence electrons. The summed E-state index contributed by atoms with van der Waals surface area (Å²) in [6, 6.07) is -0.197. The van der Waals surface area contributed by atoms with Crippen LogP contribution in [0.25, 0.3) is 0 Å². The lowest BCUT2D eigenvalue weighted by Gasteiger charge is -2.21. The van der Waals surface area contributed by atoms with E-state index in [1.165, 1.54) is 0 Å². The molecule has 0 aliphatic rings. The van der Waals surface area contributed by atoms with Gasteiger partial charge in [0.25, 0.3) is 0 Å². The third-order valence-electron chi connectivity index (χ3n) is 2.65. The monoisotopic (exact) mass is 245 g/mol. The van der Waals surface area contributed by atoms with Crippen LogP contribution in [0.5, 0.6) is 0 Å². The predicted molar refractivity (Wildman–Crippen MR) is 70.1 cm³/mol. The summed E-state index contributed by atoms with van der Waals surface area (Å²) in [5.41, 5.74) is 0. The Balaban J connectivity index is 3.85. The molecule has 5 nitrogen and oxygen atoms in total. The molecule has 1 atom stereocenters. The van der Waals surface area contributed by atoms with E-state index in [0.717, 1.165) is 26.1 Å². The highest BCUT2D eigenvalue weighted by Gasteiger charge is 2.17. The number of ether oxygens (including phenoxy) is 1. The first-order valence-corrected chi connectivity index (χ1v) is 6.18. The molecule has 0 aromatic carbocycles. The van der Waals surface area contributed by atoms with Crippen molar-refractivity contribution in [2.24, 2.45) is 0 Å². The summed E-state index contributed by atoms with van der Waals surface area (Å²) < 4.78 is 5.00. The highest BCUT2D eigenvalue weighted by molar-refractivity contribution is 5.75. The molecule has 0 aliphatic heterocycles. The predicted octanol–water partition coefficient (Wildman–Crippen LogP) is 0.0210. The second-order valence-electron chi connectivity index (χ2n) is 4.49. The fourth-order valence-electron chi connectivity index (χ4n) is 1.45. The zero-order valence-corrected chi connectivity index (χ0v) is 11.8. The molecule has 0 fully saturated rings. The number of nitrogens with one attached hydrogen (secondary N) is 1. The van der Waals surface area contributed by atoms with Crippen molar-refractivity contribution in [1.82, 2.24) is 15.1 Å². The zero-order chi connectivity index (χ0) is 13.3. The Hall–Kier alpha value is -0.650. The number of carbonyl (C=O) groups is 1. The Bertz CT molecular complexity index is 210. The van der Waals surface area contributed by atoms with Crippen molar-refractivity contribution in [3.05, 3.63) is 0 Å². The third kappa shape index (κ3) is 8.12. The number of rotatable bonds is 9. The van der Waals surface area contributed by atoms with Crippen molar-refractivity contribution < 1.29 is 9.53 Å². The van der Waals surface area contributed by atoms with E-state index in [0.29, 0.717) is 6.61 Å². The van der Waals surface area contributed by atoms with Crippen LogP contribution in [0.15, 0.2) is 0 Å². The van der Waals surface area contributed by atoms with Gasteiger partial charge in [-0.15, -0.1) is 0 Å². The van der Waals surface area contributed by atoms with Gasteiger partial charge >= 0.3 is 5.97 Å². The van der Waals surface area contributed by atoms with Crippen LogP contribution in [0.1, 0.15) is 13.3 Å². The fourth-order valence-corrected chi connectivity index (χ4v) is 1.45. The number of likely N-dealkylation sites (N-methyl/N-ethyl adjacent to an activating group) is 3. The average molecular weight is 245 g/mol. The normalized spacial score (nSPS) is 13.1. The molecule has 1 N–H and O–H groups in total. The molecule has 0 saturated carbocycles. The number of esters is 1. The molecule has 0 heterocycles. The summed E-state index contributed by atoms with van der Waals surface area (Å²) in [7, 11) is 7.98. The lowest BCUT2D eigenvalue weighted by molar-refractivity contribution is -0.145. The second-order valence-corrected chi connectivity index (χ2v) is 4.49. The van der Waals surface area contributed by atoms with Crippen LogP contribution in [-0.2, 0) is 9.53 Å². The minimum atomic E-state index is -0.197. The number of carbonyl (C=O) groups excluding carboxylic acids is 1. The van der Waals surface area contributed by atoms with Crippen molar-refractivity contribution in [3.8, 4) is 0 Å². The van der Waals surface area contributed by atoms with Crippen molar-refractivity contribution in [3.63, 3.8) is 0 Å². The Morgan fingerprint density at radius 3 is 2.35 bits per heavy atom. The van der Waals surface area contributed by atoms with Crippen LogP contribution in [0, 0.1) is 0 Å². The molecule has 0 radical (unpaired) electrons. The molecule has 1 unspecified atom stereocenters. The van der Waals surface area contributed by atoms with Gasteiger partial charge in [0.05, 0.1) is 6.61 Å². The molecule has 0 spiro atoms. The summed E-state index contributed by atoms with van der Waals surface area (Å²) in [4.78, 5) is 15.9. The molecule has 0 aromatic heterocycles. The largest absolute Gasteiger partial charge is 0.465 e. The van der Waals surface area contributed by atoms with Crippen molar-refractivity contribution in [2.75, 3.05) is 54.4 Å². The summed E-state index contributed by atoms with van der Waals surface area (Å²) in [6.07, 6.45) is 0.777. The molecule has 0 rings (SSSR count). The second kappa shape index (κ2) is 9.39. The van der Waals surface area contributed by atoms with E-state index in [-0.39, 0.29) is 12.0 Å². The quantitative estimate of drug-likeness (QED) is 0.580. The minimum Gasteiger partial charge on any atom is -0.465 e. The molecule has 0 aromatic rings. The van der Waals surface area contributed by atoms with E-state index < -0.39 is 0 Å². The van der Waals surface area contributed by atoms with Crippen LogP contribution in [0.4, 0.5) is 0 Å². The fraction of sp³-hybridized carbons (Fsp3) is 0.917. The number of hydrogen-bond acceptors (Lipinski definition) is 5. The lowest BCUT2D eigenvalue weighted by atomic mass is 10.2. The molecule has 0 bridgehead atoms. The van der Waals surface area contributed by atoms with Gasteiger partial charge in [0.1, 0.15) is 6.04 Å². The van der Waals surface area contributed by atoms with E-state index in [1.54, 1.807) is 7.05 Å². The Kier molecular flexibility index (Phi) is 9.03. The van der Waals surface area contributed by atoms with Crippen molar-refractivity contribution in [1.29, 1.82) is 0 Å². The summed E-state index contributed by atoms with van der Waals surface area (Å²) in [6.45, 7) is 5.19. The number of hydrogen-bond donors (Lipinski definition) is 1. The highest BCUT2D eigenvalue weighted by atomic mass is 16.5. The Morgan fingerprint density at radius 1 is 1.24 bits per heavy atom. The minimum absolute atomic E-state index is 0.156. The van der Waals surface area contributed by atoms with Crippen molar-refractivity contribution >= 4 is 5.97 Å². The smallest absolute Gasteiger partial charge is 0.323 e. The number of nitrogens with zero attached hydrogens (tertiary/aromatic N) is 2. The molecule has 0 aliphatic carbocycles. The highest BCUT2D eigenvalue weighted by Crippen LogP contribution is 1.98. The van der Waals surface area contributed by atoms with Crippen molar-refractivity contribution in [2.45, 2.75) is 19.4 Å². The maximum Gasteiger partial charge on any atom is 0.323 e. The lowest BCUT2D eigenvalue weighted by Crippen LogP contribution is -2.39. The van der Waals surface area contributed by atoms with E-state index >= 15 is 0 Å². The van der Waals surface area contributed by atoms with Crippen LogP contribution >= 0.6 is 0 Å². The topological polar surface area (TPSA) is 44.8 Å². The SMILES string of the molecule is CCOC(=O)C(CCN(C)CCN(C)C)NC. The standard InChI is InChI=1S/C12H27N3O2/c1-6-17-12(16)11(13-2)7-8-15(5)10-9-14(3)4/h11,13H,6-10H2,1-5H3. The van der Waals surface area contributed by atoms with Gasteiger partial charge < -0.3 is 19.9 Å². The van der Waals surface area contributed by atoms with Gasteiger partial charge in [-0.05, 0) is 48.1 Å². The van der Waals surface area contributed by atoms with Crippen LogP contribution in [-0.4, -0.2) is 76.2 Å². The van der Waals surface area contributed by atoms with E-state index in [2.05, 4.69) is 36.3 Å². The Morgan fingerprint density at radius 2 is 1.88 bits per heavy atom. The van der Waals surface area contributed by atoms with Gasteiger partial charge in [0.2, 0.25) is 0 Å². The van der Waals surface area contributed by atoms with Gasteiger partial charge in [-0.25, -0.2) is 0 Å². The zero-order valence-electron chi connectivity index (χ0n) is 11.8. The van der Waals surface area contributed by atoms with Gasteiger partial charge in [-0.3, -0.25) is 4.79 Å². The van der Waals surface area contributed by atoms with Crippen LogP contribution in [0.2, 0.25) is 0 Å². The molecule has 0 amide bonds. The first kappa shape index (κ1) is 16.4. The first-order chi connectivity index (χ1) is 8.01. The maximum atomic E-state index is 11.5. The van der Waals surface area contributed by atoms with Gasteiger partial charge in [-0.1, -0.05) is 0 Å². The summed E-state index contributed by atoms with van der Waals surface area (Å²) in [5.74, 6) is -0.156. The van der Waals surface area contributed by atoms with Crippen LogP contribution in [0.3, 0.4) is 0 Å². The molecule has 17 heavy (non-hydrogen) atoms. The van der Waals surface area contributed by atoms with Crippen LogP contribution < -0.4 is 5.32 Å². The molecule has 0 saturated heterocycles. The molecular formula is C12H27N3O2. The summed E-state index contributed by atoms with van der Waals surface area (Å²) >= 11 is 0. The Labute approximate surface area is 105 Å².